The first-order valence-electron chi connectivity index (χ1n) is 10.0. The number of carbonyl (C=O) groups is 3. The number of benzene rings is 2. The van der Waals surface area contributed by atoms with Crippen LogP contribution in [0.4, 0.5) is 21.9 Å². The highest BCUT2D eigenvalue weighted by atomic mass is 79.9. The van der Waals surface area contributed by atoms with E-state index in [1.807, 2.05) is 0 Å². The van der Waals surface area contributed by atoms with Gasteiger partial charge in [-0.2, -0.15) is 0 Å². The van der Waals surface area contributed by atoms with Gasteiger partial charge in [0.05, 0.1) is 0 Å². The van der Waals surface area contributed by atoms with E-state index in [1.165, 1.54) is 0 Å². The molecule has 0 radical (unpaired) electrons. The fourth-order valence-corrected chi connectivity index (χ4v) is 3.07. The zero-order valence-electron chi connectivity index (χ0n) is 18.3. The third-order valence-electron chi connectivity index (χ3n) is 4.12. The average Bonchev–Trinajstić information content (AvgIpc) is 2.74. The van der Waals surface area contributed by atoms with Crippen molar-refractivity contribution in [3.63, 3.8) is 0 Å². The summed E-state index contributed by atoms with van der Waals surface area (Å²) in [5.41, 5.74) is 1.56. The van der Waals surface area contributed by atoms with Crippen molar-refractivity contribution in [3.05, 3.63) is 82.6 Å². The van der Waals surface area contributed by atoms with Crippen molar-refractivity contribution in [2.45, 2.75) is 26.4 Å². The molecule has 0 saturated heterocycles. The number of hydrogen-bond donors (Lipinski definition) is 3. The van der Waals surface area contributed by atoms with E-state index >= 15 is 0 Å². The maximum absolute atomic E-state index is 12.6. The van der Waals surface area contributed by atoms with Crippen LogP contribution in [0.1, 0.15) is 41.6 Å². The molecule has 1 aromatic heterocycles. The lowest BCUT2D eigenvalue weighted by Crippen LogP contribution is -2.27. The second kappa shape index (κ2) is 10.3. The molecule has 0 saturated carbocycles. The maximum Gasteiger partial charge on any atom is 0.412 e. The Morgan fingerprint density at radius 3 is 2.00 bits per heavy atom. The summed E-state index contributed by atoms with van der Waals surface area (Å²) < 4.78 is 5.79. The molecule has 0 aliphatic rings. The molecule has 2 aromatic carbocycles. The van der Waals surface area contributed by atoms with E-state index in [2.05, 4.69) is 36.9 Å². The topological polar surface area (TPSA) is 109 Å². The summed E-state index contributed by atoms with van der Waals surface area (Å²) in [5, 5.41) is 8.15. The van der Waals surface area contributed by atoms with Crippen LogP contribution in [0.5, 0.6) is 0 Å². The number of rotatable bonds is 5. The quantitative estimate of drug-likeness (QED) is 0.381. The summed E-state index contributed by atoms with van der Waals surface area (Å²) in [4.78, 5) is 41.0. The third kappa shape index (κ3) is 7.43. The molecule has 170 valence electrons. The van der Waals surface area contributed by atoms with Gasteiger partial charge in [-0.05, 0) is 91.3 Å². The van der Waals surface area contributed by atoms with Crippen molar-refractivity contribution >= 4 is 50.9 Å². The Bertz CT molecular complexity index is 1170. The van der Waals surface area contributed by atoms with Gasteiger partial charge in [0.15, 0.2) is 0 Å². The fourth-order valence-electron chi connectivity index (χ4n) is 2.73. The minimum Gasteiger partial charge on any atom is -0.444 e. The van der Waals surface area contributed by atoms with Crippen molar-refractivity contribution in [1.82, 2.24) is 4.98 Å². The molecule has 0 aliphatic heterocycles. The number of anilines is 3. The number of hydrogen-bond acceptors (Lipinski definition) is 5. The van der Waals surface area contributed by atoms with Crippen LogP contribution in [0, 0.1) is 0 Å². The monoisotopic (exact) mass is 510 g/mol. The number of ether oxygens (including phenoxy) is 1. The molecule has 0 spiro atoms. The van der Waals surface area contributed by atoms with Crippen LogP contribution in [0.3, 0.4) is 0 Å². The molecule has 0 bridgehead atoms. The molecule has 0 aliphatic carbocycles. The molecular formula is C24H23BrN4O4. The molecule has 3 aromatic rings. The molecule has 3 amide bonds. The molecule has 3 rings (SSSR count). The Hall–Kier alpha value is -3.72. The van der Waals surface area contributed by atoms with Crippen LogP contribution < -0.4 is 16.0 Å². The summed E-state index contributed by atoms with van der Waals surface area (Å²) in [5.74, 6) is -0.694. The summed E-state index contributed by atoms with van der Waals surface area (Å²) in [7, 11) is 0. The van der Waals surface area contributed by atoms with Gasteiger partial charge in [0, 0.05) is 22.6 Å². The van der Waals surface area contributed by atoms with Crippen LogP contribution in [0.2, 0.25) is 0 Å². The van der Waals surface area contributed by atoms with Crippen LogP contribution in [0.25, 0.3) is 0 Å². The Kier molecular flexibility index (Phi) is 7.44. The number of halogens is 1. The second-order valence-electron chi connectivity index (χ2n) is 8.04. The molecule has 1 heterocycles. The number of pyridine rings is 1. The van der Waals surface area contributed by atoms with E-state index in [1.54, 1.807) is 87.5 Å². The van der Waals surface area contributed by atoms with Gasteiger partial charge in [0.25, 0.3) is 11.8 Å². The third-order valence-corrected chi connectivity index (χ3v) is 4.56. The van der Waals surface area contributed by atoms with E-state index in [4.69, 9.17) is 4.74 Å². The molecule has 8 nitrogen and oxygen atoms in total. The van der Waals surface area contributed by atoms with Gasteiger partial charge >= 0.3 is 6.09 Å². The predicted molar refractivity (Wildman–Crippen MR) is 131 cm³/mol. The van der Waals surface area contributed by atoms with Gasteiger partial charge in [-0.3, -0.25) is 14.9 Å². The number of carbonyl (C=O) groups excluding carboxylic acids is 3. The van der Waals surface area contributed by atoms with Crippen LogP contribution in [-0.4, -0.2) is 28.5 Å². The molecule has 0 fully saturated rings. The van der Waals surface area contributed by atoms with Crippen molar-refractivity contribution in [2.24, 2.45) is 0 Å². The van der Waals surface area contributed by atoms with Crippen LogP contribution in [-0.2, 0) is 4.74 Å². The first-order chi connectivity index (χ1) is 15.6. The highest BCUT2D eigenvalue weighted by Gasteiger charge is 2.17. The Morgan fingerprint density at radius 1 is 0.788 bits per heavy atom. The van der Waals surface area contributed by atoms with E-state index in [0.717, 1.165) is 0 Å². The Labute approximate surface area is 199 Å². The van der Waals surface area contributed by atoms with Crippen molar-refractivity contribution in [1.29, 1.82) is 0 Å². The standard InChI is InChI=1S/C24H23BrN4O4/c1-24(2,3)33-23(32)28-18-7-4-6-15(14-18)21(30)26-16-10-12-17(13-11-16)27-22(31)19-8-5-9-20(25)29-19/h4-14H,1-3H3,(H,26,30)(H,27,31)(H,28,32). The highest BCUT2D eigenvalue weighted by Crippen LogP contribution is 2.18. The van der Waals surface area contributed by atoms with Crippen LogP contribution in [0.15, 0.2) is 71.3 Å². The van der Waals surface area contributed by atoms with Crippen molar-refractivity contribution in [2.75, 3.05) is 16.0 Å². The van der Waals surface area contributed by atoms with E-state index < -0.39 is 11.7 Å². The smallest absolute Gasteiger partial charge is 0.412 e. The highest BCUT2D eigenvalue weighted by molar-refractivity contribution is 9.10. The molecule has 9 heteroatoms. The Morgan fingerprint density at radius 2 is 1.39 bits per heavy atom. The van der Waals surface area contributed by atoms with Crippen LogP contribution >= 0.6 is 15.9 Å². The molecular weight excluding hydrogens is 488 g/mol. The summed E-state index contributed by atoms with van der Waals surface area (Å²) in [6.45, 7) is 5.31. The van der Waals surface area contributed by atoms with Gasteiger partial charge in [-0.15, -0.1) is 0 Å². The summed E-state index contributed by atoms with van der Waals surface area (Å²) in [6, 6.07) is 18.3. The van der Waals surface area contributed by atoms with Gasteiger partial charge in [0.1, 0.15) is 15.9 Å². The number of amides is 3. The first kappa shape index (κ1) is 23.9. The van der Waals surface area contributed by atoms with E-state index in [0.29, 0.717) is 27.2 Å². The van der Waals surface area contributed by atoms with E-state index in [9.17, 15) is 14.4 Å². The Balaban J connectivity index is 1.60. The summed E-state index contributed by atoms with van der Waals surface area (Å²) >= 11 is 3.24. The maximum atomic E-state index is 12.6. The van der Waals surface area contributed by atoms with Crippen molar-refractivity contribution < 1.29 is 19.1 Å². The fraction of sp³-hybridized carbons (Fsp3) is 0.167. The molecule has 33 heavy (non-hydrogen) atoms. The van der Waals surface area contributed by atoms with Gasteiger partial charge in [0.2, 0.25) is 0 Å². The van der Waals surface area contributed by atoms with E-state index in [-0.39, 0.29) is 17.5 Å². The van der Waals surface area contributed by atoms with Gasteiger partial charge in [-0.25, -0.2) is 9.78 Å². The largest absolute Gasteiger partial charge is 0.444 e. The lowest BCUT2D eigenvalue weighted by molar-refractivity contribution is 0.0635. The van der Waals surface area contributed by atoms with Gasteiger partial charge < -0.3 is 15.4 Å². The molecule has 3 N–H and O–H groups in total. The zero-order chi connectivity index (χ0) is 24.0. The molecule has 0 atom stereocenters. The lowest BCUT2D eigenvalue weighted by Gasteiger charge is -2.19. The summed E-state index contributed by atoms with van der Waals surface area (Å²) in [6.07, 6.45) is -0.601. The number of nitrogens with one attached hydrogen (secondary N) is 3. The van der Waals surface area contributed by atoms with Gasteiger partial charge in [-0.1, -0.05) is 12.1 Å². The SMILES string of the molecule is CC(C)(C)OC(=O)Nc1cccc(C(=O)Nc2ccc(NC(=O)c3cccc(Br)n3)cc2)c1. The average molecular weight is 511 g/mol. The minimum absolute atomic E-state index is 0.279. The first-order valence-corrected chi connectivity index (χ1v) is 10.8. The lowest BCUT2D eigenvalue weighted by atomic mass is 10.1. The van der Waals surface area contributed by atoms with Crippen molar-refractivity contribution in [3.8, 4) is 0 Å². The molecule has 0 unspecified atom stereocenters. The number of nitrogens with zero attached hydrogens (tertiary/aromatic N) is 1. The normalized spacial score (nSPS) is 10.8. The zero-order valence-corrected chi connectivity index (χ0v) is 19.9. The predicted octanol–water partition coefficient (Wildman–Crippen LogP) is 5.70. The number of aromatic nitrogens is 1. The second-order valence-corrected chi connectivity index (χ2v) is 8.85. The minimum atomic E-state index is -0.626.